The van der Waals surface area contributed by atoms with E-state index in [-0.39, 0.29) is 11.7 Å². The molecular weight excluding hydrogens is 502 g/mol. The molecular formula is C28H28ClN7O2. The van der Waals surface area contributed by atoms with Crippen molar-refractivity contribution in [3.63, 3.8) is 0 Å². The van der Waals surface area contributed by atoms with E-state index in [4.69, 9.17) is 16.1 Å². The van der Waals surface area contributed by atoms with Crippen LogP contribution in [0.3, 0.4) is 0 Å². The van der Waals surface area contributed by atoms with Crippen LogP contribution in [0.1, 0.15) is 44.6 Å². The van der Waals surface area contributed by atoms with Crippen LogP contribution in [-0.2, 0) is 20.1 Å². The van der Waals surface area contributed by atoms with Crippen LogP contribution in [-0.4, -0.2) is 30.8 Å². The van der Waals surface area contributed by atoms with Crippen molar-refractivity contribution >= 4 is 34.2 Å². The van der Waals surface area contributed by atoms with Crippen molar-refractivity contribution in [3.05, 3.63) is 87.3 Å². The minimum Gasteiger partial charge on any atom is -0.365 e. The Morgan fingerprint density at radius 3 is 2.53 bits per heavy atom. The van der Waals surface area contributed by atoms with Crippen LogP contribution < -0.4 is 10.6 Å². The highest BCUT2D eigenvalue weighted by atomic mass is 35.5. The summed E-state index contributed by atoms with van der Waals surface area (Å²) in [7, 11) is 1.88. The molecule has 0 fully saturated rings. The van der Waals surface area contributed by atoms with Crippen LogP contribution in [0.2, 0.25) is 5.02 Å². The fourth-order valence-electron chi connectivity index (χ4n) is 4.57. The summed E-state index contributed by atoms with van der Waals surface area (Å²) in [5.74, 6) is 0.987. The van der Waals surface area contributed by atoms with E-state index in [0.717, 1.165) is 50.5 Å². The zero-order valence-electron chi connectivity index (χ0n) is 21.9. The van der Waals surface area contributed by atoms with Gasteiger partial charge in [0.2, 0.25) is 5.82 Å². The second-order valence-electron chi connectivity index (χ2n) is 9.27. The molecule has 38 heavy (non-hydrogen) atoms. The Hall–Kier alpha value is -4.24. The average Bonchev–Trinajstić information content (AvgIpc) is 3.36. The minimum absolute atomic E-state index is 0.0791. The molecule has 0 saturated heterocycles. The summed E-state index contributed by atoms with van der Waals surface area (Å²) in [6, 6.07) is 13.4. The van der Waals surface area contributed by atoms with Gasteiger partial charge in [0.25, 0.3) is 5.91 Å². The highest BCUT2D eigenvalue weighted by Crippen LogP contribution is 2.31. The fraction of sp³-hybridized carbons (Fsp3) is 0.250. The molecule has 5 aromatic rings. The molecule has 0 aliphatic carbocycles. The van der Waals surface area contributed by atoms with E-state index in [0.29, 0.717) is 29.4 Å². The van der Waals surface area contributed by atoms with E-state index in [9.17, 15) is 4.79 Å². The van der Waals surface area contributed by atoms with E-state index in [1.807, 2.05) is 77.2 Å². The lowest BCUT2D eigenvalue weighted by Crippen LogP contribution is -2.26. The third-order valence-electron chi connectivity index (χ3n) is 6.65. The van der Waals surface area contributed by atoms with Crippen LogP contribution in [0, 0.1) is 27.7 Å². The summed E-state index contributed by atoms with van der Waals surface area (Å²) in [5.41, 5.74) is 7.14. The second kappa shape index (κ2) is 10.3. The monoisotopic (exact) mass is 529 g/mol. The Bertz CT molecular complexity index is 1650. The van der Waals surface area contributed by atoms with Crippen LogP contribution in [0.15, 0.2) is 47.0 Å². The van der Waals surface area contributed by atoms with Crippen molar-refractivity contribution in [1.29, 1.82) is 0 Å². The second-order valence-corrected chi connectivity index (χ2v) is 9.70. The molecule has 194 valence electrons. The Morgan fingerprint density at radius 2 is 1.84 bits per heavy atom. The van der Waals surface area contributed by atoms with Crippen molar-refractivity contribution in [2.24, 2.45) is 7.05 Å². The van der Waals surface area contributed by atoms with Gasteiger partial charge in [-0.2, -0.15) is 5.10 Å². The number of rotatable bonds is 7. The van der Waals surface area contributed by atoms with Crippen molar-refractivity contribution < 1.29 is 9.32 Å². The van der Waals surface area contributed by atoms with E-state index >= 15 is 0 Å². The first kappa shape index (κ1) is 25.4. The summed E-state index contributed by atoms with van der Waals surface area (Å²) in [6.45, 7) is 8.49. The standard InChI is InChI=1S/C28H28ClN7O2/c1-15-23(17(3)36(5)34-15)14-31-28(37)27-32-24-10-9-20(25-16(2)35-38-18(25)4)12-22(24)26(33-27)30-13-19-7-6-8-21(29)11-19/h6-12H,13-14H2,1-5H3,(H,31,37)(H,30,32,33). The number of nitrogens with zero attached hydrogens (tertiary/aromatic N) is 5. The Morgan fingerprint density at radius 1 is 1.03 bits per heavy atom. The lowest BCUT2D eigenvalue weighted by atomic mass is 10.0. The molecule has 2 N–H and O–H groups in total. The van der Waals surface area contributed by atoms with Crippen molar-refractivity contribution in [1.82, 2.24) is 30.2 Å². The molecule has 0 aliphatic heterocycles. The number of carbonyl (C=O) groups is 1. The van der Waals surface area contributed by atoms with Gasteiger partial charge in [-0.15, -0.1) is 0 Å². The summed E-state index contributed by atoms with van der Waals surface area (Å²) >= 11 is 6.18. The first-order valence-corrected chi connectivity index (χ1v) is 12.6. The quantitative estimate of drug-likeness (QED) is 0.288. The number of carbonyl (C=O) groups excluding carboxylic acids is 1. The van der Waals surface area contributed by atoms with Crippen LogP contribution in [0.25, 0.3) is 22.0 Å². The molecule has 0 aliphatic rings. The number of halogens is 1. The zero-order chi connectivity index (χ0) is 27.0. The van der Waals surface area contributed by atoms with Gasteiger partial charge in [-0.1, -0.05) is 35.0 Å². The average molecular weight is 530 g/mol. The summed E-state index contributed by atoms with van der Waals surface area (Å²) in [6.07, 6.45) is 0. The van der Waals surface area contributed by atoms with Gasteiger partial charge in [0.15, 0.2) is 0 Å². The highest BCUT2D eigenvalue weighted by Gasteiger charge is 2.18. The van der Waals surface area contributed by atoms with Gasteiger partial charge in [-0.3, -0.25) is 9.48 Å². The van der Waals surface area contributed by atoms with Gasteiger partial charge < -0.3 is 15.2 Å². The number of fused-ring (bicyclic) bond motifs is 1. The van der Waals surface area contributed by atoms with E-state index in [2.05, 4.69) is 30.9 Å². The molecule has 1 amide bonds. The van der Waals surface area contributed by atoms with Gasteiger partial charge in [0.05, 0.1) is 16.9 Å². The largest absolute Gasteiger partial charge is 0.365 e. The molecule has 10 heteroatoms. The molecule has 0 atom stereocenters. The maximum Gasteiger partial charge on any atom is 0.289 e. The SMILES string of the molecule is Cc1nn(C)c(C)c1CNC(=O)c1nc(NCc2cccc(Cl)c2)c2cc(-c3c(C)noc3C)ccc2n1. The number of anilines is 1. The molecule has 3 aromatic heterocycles. The molecule has 3 heterocycles. The number of aryl methyl sites for hydroxylation is 4. The van der Waals surface area contributed by atoms with Crippen LogP contribution >= 0.6 is 11.6 Å². The number of benzene rings is 2. The molecule has 0 radical (unpaired) electrons. The summed E-state index contributed by atoms with van der Waals surface area (Å²) < 4.78 is 7.18. The molecule has 9 nitrogen and oxygen atoms in total. The third kappa shape index (κ3) is 4.97. The molecule has 5 rings (SSSR count). The van der Waals surface area contributed by atoms with Gasteiger partial charge >= 0.3 is 0 Å². The third-order valence-corrected chi connectivity index (χ3v) is 6.89. The smallest absolute Gasteiger partial charge is 0.289 e. The first-order valence-electron chi connectivity index (χ1n) is 12.2. The molecule has 0 spiro atoms. The Labute approximate surface area is 225 Å². The predicted octanol–water partition coefficient (Wildman–Crippen LogP) is 5.45. The fourth-order valence-corrected chi connectivity index (χ4v) is 4.78. The Balaban J connectivity index is 1.51. The van der Waals surface area contributed by atoms with Crippen LogP contribution in [0.5, 0.6) is 0 Å². The maximum atomic E-state index is 13.2. The van der Waals surface area contributed by atoms with Crippen molar-refractivity contribution in [3.8, 4) is 11.1 Å². The normalized spacial score (nSPS) is 11.2. The minimum atomic E-state index is -0.366. The van der Waals surface area contributed by atoms with Gasteiger partial charge in [0, 0.05) is 47.4 Å². The number of nitrogens with one attached hydrogen (secondary N) is 2. The topological polar surface area (TPSA) is 111 Å². The molecule has 0 unspecified atom stereocenters. The van der Waals surface area contributed by atoms with Crippen molar-refractivity contribution in [2.45, 2.75) is 40.8 Å². The number of amides is 1. The van der Waals surface area contributed by atoms with E-state index < -0.39 is 0 Å². The lowest BCUT2D eigenvalue weighted by molar-refractivity contribution is 0.0941. The van der Waals surface area contributed by atoms with E-state index in [1.165, 1.54) is 0 Å². The highest BCUT2D eigenvalue weighted by molar-refractivity contribution is 6.30. The van der Waals surface area contributed by atoms with Crippen LogP contribution in [0.4, 0.5) is 5.82 Å². The van der Waals surface area contributed by atoms with Gasteiger partial charge in [-0.05, 0) is 63.1 Å². The Kier molecular flexibility index (Phi) is 6.86. The summed E-state index contributed by atoms with van der Waals surface area (Å²) in [4.78, 5) is 22.4. The number of hydrogen-bond donors (Lipinski definition) is 2. The van der Waals surface area contributed by atoms with Gasteiger partial charge in [-0.25, -0.2) is 9.97 Å². The predicted molar refractivity (Wildman–Crippen MR) is 147 cm³/mol. The number of hydrogen-bond acceptors (Lipinski definition) is 7. The first-order chi connectivity index (χ1) is 18.2. The molecule has 0 bridgehead atoms. The molecule has 0 saturated carbocycles. The summed E-state index contributed by atoms with van der Waals surface area (Å²) in [5, 5.41) is 16.3. The van der Waals surface area contributed by atoms with Crippen molar-refractivity contribution in [2.75, 3.05) is 5.32 Å². The molecule has 2 aromatic carbocycles. The maximum absolute atomic E-state index is 13.2. The lowest BCUT2D eigenvalue weighted by Gasteiger charge is -2.13. The zero-order valence-corrected chi connectivity index (χ0v) is 22.6. The number of aromatic nitrogens is 5. The van der Waals surface area contributed by atoms with E-state index in [1.54, 1.807) is 4.68 Å². The van der Waals surface area contributed by atoms with Gasteiger partial charge in [0.1, 0.15) is 11.6 Å².